The molecule has 2 N–H and O–H groups in total. The monoisotopic (exact) mass is 462 g/mol. The van der Waals surface area contributed by atoms with Crippen molar-refractivity contribution in [3.8, 4) is 11.1 Å². The smallest absolute Gasteiger partial charge is 0.407 e. The molecule has 0 bridgehead atoms. The van der Waals surface area contributed by atoms with E-state index in [0.29, 0.717) is 26.1 Å². The zero-order valence-electron chi connectivity index (χ0n) is 19.2. The van der Waals surface area contributed by atoms with Gasteiger partial charge in [-0.05, 0) is 40.5 Å². The first-order chi connectivity index (χ1) is 16.4. The maximum Gasteiger partial charge on any atom is 0.407 e. The number of carbonyl (C=O) groups excluding carboxylic acids is 2. The van der Waals surface area contributed by atoms with Crippen LogP contribution in [0, 0.1) is 11.3 Å². The topological polar surface area (TPSA) is 95.9 Å². The Kier molecular flexibility index (Phi) is 6.02. The minimum Gasteiger partial charge on any atom is -0.481 e. The number of carboxylic acids is 1. The number of carbonyl (C=O) groups is 3. The minimum absolute atomic E-state index is 0.0163. The summed E-state index contributed by atoms with van der Waals surface area (Å²) in [7, 11) is 0. The molecule has 7 heteroatoms. The lowest BCUT2D eigenvalue weighted by Gasteiger charge is -2.45. The van der Waals surface area contributed by atoms with Crippen molar-refractivity contribution in [2.24, 2.45) is 11.3 Å². The van der Waals surface area contributed by atoms with Gasteiger partial charge < -0.3 is 20.1 Å². The summed E-state index contributed by atoms with van der Waals surface area (Å²) in [5.74, 6) is -0.698. The first-order valence-electron chi connectivity index (χ1n) is 12.0. The second kappa shape index (κ2) is 9.12. The van der Waals surface area contributed by atoms with Gasteiger partial charge in [-0.1, -0.05) is 55.0 Å². The third-order valence-corrected chi connectivity index (χ3v) is 7.67. The van der Waals surface area contributed by atoms with E-state index in [-0.39, 0.29) is 36.2 Å². The molecule has 0 unspecified atom stereocenters. The second-order valence-corrected chi connectivity index (χ2v) is 9.97. The molecule has 3 aliphatic rings. The molecule has 0 spiro atoms. The third-order valence-electron chi connectivity index (χ3n) is 7.67. The fraction of sp³-hybridized carbons (Fsp3) is 0.444. The van der Waals surface area contributed by atoms with E-state index in [9.17, 15) is 14.4 Å². The van der Waals surface area contributed by atoms with Crippen molar-refractivity contribution in [1.82, 2.24) is 10.2 Å². The van der Waals surface area contributed by atoms with Gasteiger partial charge in [-0.15, -0.1) is 0 Å². The van der Waals surface area contributed by atoms with Gasteiger partial charge >= 0.3 is 12.1 Å². The number of hydrogen-bond acceptors (Lipinski definition) is 4. The van der Waals surface area contributed by atoms with E-state index < -0.39 is 12.1 Å². The van der Waals surface area contributed by atoms with Crippen LogP contribution in [0.15, 0.2) is 48.5 Å². The number of nitrogens with one attached hydrogen (secondary N) is 1. The lowest BCUT2D eigenvalue weighted by atomic mass is 9.66. The average molecular weight is 463 g/mol. The molecule has 5 rings (SSSR count). The lowest BCUT2D eigenvalue weighted by molar-refractivity contribution is -0.147. The molecule has 1 saturated heterocycles. The molecule has 1 aliphatic heterocycles. The maximum atomic E-state index is 12.7. The highest BCUT2D eigenvalue weighted by atomic mass is 16.5. The standard InChI is InChI=1S/C27H30N2O5/c30-24(29-14-18(15-29)12-25(31)32)13-27(10-5-11-27)17-28-26(33)34-16-23-21-8-3-1-6-19(21)20-7-2-4-9-22(20)23/h1-4,6-9,18,23H,5,10-17H2,(H,28,33)(H,31,32). The van der Waals surface area contributed by atoms with Gasteiger partial charge in [-0.3, -0.25) is 9.59 Å². The van der Waals surface area contributed by atoms with Crippen LogP contribution in [0.1, 0.15) is 49.1 Å². The SMILES string of the molecule is O=C(O)CC1CN(C(=O)CC2(CNC(=O)OCC3c4ccccc4-c4ccccc43)CCC2)C1. The lowest BCUT2D eigenvalue weighted by Crippen LogP contribution is -2.53. The van der Waals surface area contributed by atoms with Crippen LogP contribution in [0.4, 0.5) is 4.79 Å². The van der Waals surface area contributed by atoms with Crippen molar-refractivity contribution in [3.63, 3.8) is 0 Å². The summed E-state index contributed by atoms with van der Waals surface area (Å²) >= 11 is 0. The molecule has 2 aromatic carbocycles. The molecule has 2 amide bonds. The first kappa shape index (κ1) is 22.4. The van der Waals surface area contributed by atoms with Crippen LogP contribution in [-0.4, -0.2) is 54.2 Å². The molecule has 0 atom stereocenters. The van der Waals surface area contributed by atoms with E-state index in [4.69, 9.17) is 9.84 Å². The Hall–Kier alpha value is -3.35. The zero-order valence-corrected chi connectivity index (χ0v) is 19.2. The number of amides is 2. The summed E-state index contributed by atoms with van der Waals surface area (Å²) in [6, 6.07) is 16.5. The molecule has 34 heavy (non-hydrogen) atoms. The van der Waals surface area contributed by atoms with Gasteiger partial charge in [0.1, 0.15) is 6.61 Å². The van der Waals surface area contributed by atoms with Crippen LogP contribution >= 0.6 is 0 Å². The highest BCUT2D eigenvalue weighted by Crippen LogP contribution is 2.45. The van der Waals surface area contributed by atoms with Crippen LogP contribution in [0.5, 0.6) is 0 Å². The van der Waals surface area contributed by atoms with Gasteiger partial charge in [0.15, 0.2) is 0 Å². The van der Waals surface area contributed by atoms with Crippen molar-refractivity contribution < 1.29 is 24.2 Å². The van der Waals surface area contributed by atoms with Crippen molar-refractivity contribution in [2.75, 3.05) is 26.2 Å². The molecule has 1 saturated carbocycles. The first-order valence-corrected chi connectivity index (χ1v) is 12.0. The Balaban J connectivity index is 1.12. The highest BCUT2D eigenvalue weighted by molar-refractivity contribution is 5.80. The summed E-state index contributed by atoms with van der Waals surface area (Å²) in [5.41, 5.74) is 4.51. The molecule has 0 radical (unpaired) electrons. The second-order valence-electron chi connectivity index (χ2n) is 9.97. The Morgan fingerprint density at radius 1 is 1.00 bits per heavy atom. The summed E-state index contributed by atoms with van der Waals surface area (Å²) in [6.45, 7) is 1.72. The van der Waals surface area contributed by atoms with Crippen molar-refractivity contribution in [2.45, 2.75) is 38.0 Å². The average Bonchev–Trinajstić information content (AvgIpc) is 3.09. The van der Waals surface area contributed by atoms with Crippen LogP contribution in [0.25, 0.3) is 11.1 Å². The van der Waals surface area contributed by atoms with Crippen LogP contribution in [-0.2, 0) is 14.3 Å². The number of benzene rings is 2. The Bertz CT molecular complexity index is 1060. The fourth-order valence-electron chi connectivity index (χ4n) is 5.58. The van der Waals surface area contributed by atoms with E-state index in [1.807, 2.05) is 24.3 Å². The van der Waals surface area contributed by atoms with E-state index >= 15 is 0 Å². The maximum absolute atomic E-state index is 12.7. The molecular weight excluding hydrogens is 432 g/mol. The van der Waals surface area contributed by atoms with Gasteiger partial charge in [0, 0.05) is 37.9 Å². The summed E-state index contributed by atoms with van der Waals surface area (Å²) in [4.78, 5) is 37.8. The molecule has 7 nitrogen and oxygen atoms in total. The summed E-state index contributed by atoms with van der Waals surface area (Å²) in [5, 5.41) is 11.8. The number of hydrogen-bond donors (Lipinski definition) is 2. The predicted molar refractivity (Wildman–Crippen MR) is 126 cm³/mol. The quantitative estimate of drug-likeness (QED) is 0.618. The van der Waals surface area contributed by atoms with Crippen LogP contribution in [0.2, 0.25) is 0 Å². The van der Waals surface area contributed by atoms with E-state index in [2.05, 4.69) is 29.6 Å². The fourth-order valence-corrected chi connectivity index (χ4v) is 5.58. The van der Waals surface area contributed by atoms with Gasteiger partial charge in [-0.25, -0.2) is 4.79 Å². The summed E-state index contributed by atoms with van der Waals surface area (Å²) < 4.78 is 5.64. The minimum atomic E-state index is -0.820. The number of rotatable bonds is 8. The Labute approximate surface area is 199 Å². The summed E-state index contributed by atoms with van der Waals surface area (Å²) in [6.07, 6.45) is 2.88. The molecular formula is C27H30N2O5. The van der Waals surface area contributed by atoms with Crippen molar-refractivity contribution in [1.29, 1.82) is 0 Å². The highest BCUT2D eigenvalue weighted by Gasteiger charge is 2.42. The van der Waals surface area contributed by atoms with Crippen molar-refractivity contribution >= 4 is 18.0 Å². The van der Waals surface area contributed by atoms with Crippen LogP contribution in [0.3, 0.4) is 0 Å². The molecule has 2 fully saturated rings. The number of alkyl carbamates (subject to hydrolysis) is 1. The van der Waals surface area contributed by atoms with Crippen molar-refractivity contribution in [3.05, 3.63) is 59.7 Å². The molecule has 2 aromatic rings. The van der Waals surface area contributed by atoms with E-state index in [1.165, 1.54) is 22.3 Å². The molecule has 0 aromatic heterocycles. The number of aliphatic carboxylic acids is 1. The predicted octanol–water partition coefficient (Wildman–Crippen LogP) is 4.02. The van der Waals surface area contributed by atoms with Gasteiger partial charge in [0.25, 0.3) is 0 Å². The van der Waals surface area contributed by atoms with E-state index in [1.54, 1.807) is 4.90 Å². The van der Waals surface area contributed by atoms with Crippen LogP contribution < -0.4 is 5.32 Å². The van der Waals surface area contributed by atoms with E-state index in [0.717, 1.165) is 19.3 Å². The number of ether oxygens (including phenoxy) is 1. The number of fused-ring (bicyclic) bond motifs is 3. The molecule has 178 valence electrons. The number of nitrogens with zero attached hydrogens (tertiary/aromatic N) is 1. The third kappa shape index (κ3) is 4.39. The number of likely N-dealkylation sites (tertiary alicyclic amines) is 1. The van der Waals surface area contributed by atoms with Gasteiger partial charge in [0.05, 0.1) is 6.42 Å². The molecule has 2 aliphatic carbocycles. The molecule has 1 heterocycles. The largest absolute Gasteiger partial charge is 0.481 e. The number of carboxylic acid groups (broad SMARTS) is 1. The van der Waals surface area contributed by atoms with Gasteiger partial charge in [-0.2, -0.15) is 0 Å². The van der Waals surface area contributed by atoms with Gasteiger partial charge in [0.2, 0.25) is 5.91 Å². The Morgan fingerprint density at radius 3 is 2.18 bits per heavy atom. The Morgan fingerprint density at radius 2 is 1.62 bits per heavy atom. The zero-order chi connectivity index (χ0) is 23.7. The normalized spacial score (nSPS) is 18.3.